The molecule has 0 bridgehead atoms. The molecule has 0 aromatic carbocycles. The Morgan fingerprint density at radius 1 is 1.03 bits per heavy atom. The first kappa shape index (κ1) is 21.5. The number of fused-ring (bicyclic) bond motifs is 1. The number of halogens is 2. The minimum absolute atomic E-state index is 0.00410. The van der Waals surface area contributed by atoms with Crippen LogP contribution < -0.4 is 4.90 Å². The van der Waals surface area contributed by atoms with Crippen molar-refractivity contribution in [3.8, 4) is 0 Å². The number of morpholine rings is 1. The van der Waals surface area contributed by atoms with Gasteiger partial charge in [-0.05, 0) is 44.9 Å². The van der Waals surface area contributed by atoms with E-state index >= 15 is 0 Å². The zero-order valence-corrected chi connectivity index (χ0v) is 20.0. The van der Waals surface area contributed by atoms with Crippen LogP contribution >= 0.6 is 0 Å². The summed E-state index contributed by atoms with van der Waals surface area (Å²) in [6, 6.07) is 0.529. The first-order chi connectivity index (χ1) is 16.8. The van der Waals surface area contributed by atoms with Gasteiger partial charge in [0.25, 0.3) is 0 Å². The topological polar surface area (TPSA) is 81.9 Å². The number of rotatable bonds is 4. The molecule has 3 aromatic rings. The second kappa shape index (κ2) is 7.38. The molecular weight excluding hydrogens is 452 g/mol. The molecule has 1 saturated heterocycles. The molecule has 0 N–H and O–H groups in total. The molecule has 8 nitrogen and oxygen atoms in total. The third-order valence-corrected chi connectivity index (χ3v) is 8.23. The van der Waals surface area contributed by atoms with E-state index in [-0.39, 0.29) is 30.3 Å². The van der Waals surface area contributed by atoms with Crippen molar-refractivity contribution in [2.45, 2.75) is 76.4 Å². The molecule has 1 atom stereocenters. The van der Waals surface area contributed by atoms with E-state index in [9.17, 15) is 8.78 Å². The molecule has 3 saturated carbocycles. The Kier molecular flexibility index (Phi) is 4.54. The molecule has 0 radical (unpaired) electrons. The minimum Gasteiger partial charge on any atom is -0.370 e. The summed E-state index contributed by atoms with van der Waals surface area (Å²) in [5, 5.41) is 4.52. The normalized spacial score (nSPS) is 25.6. The van der Waals surface area contributed by atoms with Crippen LogP contribution in [0.5, 0.6) is 0 Å². The molecule has 0 unspecified atom stereocenters. The Morgan fingerprint density at radius 3 is 2.54 bits per heavy atom. The van der Waals surface area contributed by atoms with Gasteiger partial charge in [-0.2, -0.15) is 10.1 Å². The number of aryl methyl sites for hydroxylation is 2. The summed E-state index contributed by atoms with van der Waals surface area (Å²) in [5.74, 6) is -1.78. The van der Waals surface area contributed by atoms with Gasteiger partial charge < -0.3 is 9.64 Å². The largest absolute Gasteiger partial charge is 0.370 e. The quantitative estimate of drug-likeness (QED) is 0.545. The molecule has 35 heavy (non-hydrogen) atoms. The van der Waals surface area contributed by atoms with E-state index in [0.29, 0.717) is 42.9 Å². The van der Waals surface area contributed by atoms with Gasteiger partial charge in [-0.3, -0.25) is 4.68 Å². The van der Waals surface area contributed by atoms with Crippen molar-refractivity contribution in [3.05, 3.63) is 35.0 Å². The Morgan fingerprint density at radius 2 is 1.80 bits per heavy atom. The van der Waals surface area contributed by atoms with Crippen LogP contribution in [-0.2, 0) is 4.74 Å². The molecule has 3 aromatic heterocycles. The molecule has 4 fully saturated rings. The fraction of sp³-hybridized carbons (Fsp3) is 0.640. The van der Waals surface area contributed by atoms with Gasteiger partial charge in [-0.15, -0.1) is 0 Å². The molecule has 3 aliphatic carbocycles. The Labute approximate surface area is 202 Å². The fourth-order valence-electron chi connectivity index (χ4n) is 6.15. The lowest BCUT2D eigenvalue weighted by Crippen LogP contribution is -2.53. The number of nitrogens with zero attached hydrogens (tertiary/aromatic N) is 7. The summed E-state index contributed by atoms with van der Waals surface area (Å²) >= 11 is 0. The van der Waals surface area contributed by atoms with Gasteiger partial charge in [0.15, 0.2) is 5.65 Å². The highest BCUT2D eigenvalue weighted by Crippen LogP contribution is 2.67. The fourth-order valence-corrected chi connectivity index (χ4v) is 6.15. The van der Waals surface area contributed by atoms with E-state index in [4.69, 9.17) is 24.7 Å². The van der Waals surface area contributed by atoms with Gasteiger partial charge in [0.05, 0.1) is 42.5 Å². The number of alkyl halides is 2. The van der Waals surface area contributed by atoms with Gasteiger partial charge in [-0.25, -0.2) is 23.7 Å². The molecule has 1 aliphatic heterocycles. The molecule has 1 spiro atoms. The van der Waals surface area contributed by atoms with Gasteiger partial charge in [0.2, 0.25) is 11.9 Å². The van der Waals surface area contributed by atoms with Crippen molar-refractivity contribution in [1.29, 1.82) is 0 Å². The van der Waals surface area contributed by atoms with Crippen molar-refractivity contribution in [3.63, 3.8) is 0 Å². The van der Waals surface area contributed by atoms with Crippen LogP contribution in [0.15, 0.2) is 12.4 Å². The Bertz CT molecular complexity index is 1300. The van der Waals surface area contributed by atoms with E-state index in [1.807, 2.05) is 24.7 Å². The maximum Gasteiger partial charge on any atom is 0.249 e. The second-order valence-corrected chi connectivity index (χ2v) is 11.1. The minimum atomic E-state index is -2.51. The van der Waals surface area contributed by atoms with Crippen LogP contribution in [0, 0.1) is 19.3 Å². The number of hydrogen-bond acceptors (Lipinski definition) is 7. The molecule has 0 amide bonds. The van der Waals surface area contributed by atoms with Gasteiger partial charge in [-0.1, -0.05) is 0 Å². The van der Waals surface area contributed by atoms with Crippen molar-refractivity contribution in [2.24, 2.45) is 5.41 Å². The lowest BCUT2D eigenvalue weighted by Gasteiger charge is -2.57. The Balaban J connectivity index is 1.19. The maximum atomic E-state index is 13.6. The molecule has 4 aliphatic rings. The molecular formula is C25H29F2N7O. The van der Waals surface area contributed by atoms with Crippen LogP contribution in [0.3, 0.4) is 0 Å². The van der Waals surface area contributed by atoms with Crippen LogP contribution in [0.4, 0.5) is 14.7 Å². The average Bonchev–Trinajstić information content (AvgIpc) is 3.52. The SMILES string of the molecule is Cc1nc2nc(N3CCO[C@H](c4cnn(C5CC5)c4)C3)nc(C3CC4(C3)CC(F)(F)C4)c2nc1C. The first-order valence-electron chi connectivity index (χ1n) is 12.6. The monoisotopic (exact) mass is 481 g/mol. The molecule has 7 rings (SSSR count). The summed E-state index contributed by atoms with van der Waals surface area (Å²) < 4.78 is 35.3. The lowest BCUT2D eigenvalue weighted by atomic mass is 9.49. The van der Waals surface area contributed by atoms with Crippen LogP contribution in [0.25, 0.3) is 11.2 Å². The van der Waals surface area contributed by atoms with Crippen LogP contribution in [0.2, 0.25) is 0 Å². The molecule has 184 valence electrons. The highest BCUT2D eigenvalue weighted by molar-refractivity contribution is 5.75. The summed E-state index contributed by atoms with van der Waals surface area (Å²) in [7, 11) is 0. The number of hydrogen-bond donors (Lipinski definition) is 0. The number of aromatic nitrogens is 6. The van der Waals surface area contributed by atoms with Crippen LogP contribution in [-0.4, -0.2) is 55.3 Å². The highest BCUT2D eigenvalue weighted by atomic mass is 19.3. The third-order valence-electron chi connectivity index (χ3n) is 8.23. The number of anilines is 1. The van der Waals surface area contributed by atoms with Crippen molar-refractivity contribution in [1.82, 2.24) is 29.7 Å². The smallest absolute Gasteiger partial charge is 0.249 e. The summed E-state index contributed by atoms with van der Waals surface area (Å²) in [5.41, 5.74) is 4.66. The van der Waals surface area contributed by atoms with Crippen molar-refractivity contribution in [2.75, 3.05) is 24.6 Å². The van der Waals surface area contributed by atoms with Crippen molar-refractivity contribution < 1.29 is 13.5 Å². The zero-order chi connectivity index (χ0) is 23.9. The van der Waals surface area contributed by atoms with Gasteiger partial charge >= 0.3 is 0 Å². The first-order valence-corrected chi connectivity index (χ1v) is 12.6. The van der Waals surface area contributed by atoms with E-state index in [1.165, 1.54) is 12.8 Å². The molecule has 4 heterocycles. The zero-order valence-electron chi connectivity index (χ0n) is 20.0. The predicted molar refractivity (Wildman–Crippen MR) is 125 cm³/mol. The van der Waals surface area contributed by atoms with E-state index < -0.39 is 5.92 Å². The van der Waals surface area contributed by atoms with Crippen LogP contribution in [0.1, 0.15) is 79.2 Å². The molecule has 10 heteroatoms. The standard InChI is InChI=1S/C25H29F2N7O/c1-14-15(2)30-22-21(29-14)20(16-7-24(8-16)12-25(26,27)13-24)31-23(32-22)33-5-6-35-19(11-33)17-9-28-34(10-17)18-3-4-18/h9-10,16,18-19H,3-8,11-13H2,1-2H3/t19-/m0/s1. The number of ether oxygens (including phenoxy) is 1. The van der Waals surface area contributed by atoms with Gasteiger partial charge in [0, 0.05) is 37.1 Å². The summed E-state index contributed by atoms with van der Waals surface area (Å²) in [4.78, 5) is 21.5. The van der Waals surface area contributed by atoms with E-state index in [0.717, 1.165) is 35.5 Å². The predicted octanol–water partition coefficient (Wildman–Crippen LogP) is 4.44. The second-order valence-electron chi connectivity index (χ2n) is 11.1. The third kappa shape index (κ3) is 3.68. The van der Waals surface area contributed by atoms with Gasteiger partial charge in [0.1, 0.15) is 11.6 Å². The maximum absolute atomic E-state index is 13.6. The summed E-state index contributed by atoms with van der Waals surface area (Å²) in [6.45, 7) is 5.73. The van der Waals surface area contributed by atoms with Crippen molar-refractivity contribution >= 4 is 17.1 Å². The Hall–Kier alpha value is -2.75. The highest BCUT2D eigenvalue weighted by Gasteiger charge is 2.62. The summed E-state index contributed by atoms with van der Waals surface area (Å²) in [6.07, 6.45) is 7.72. The van der Waals surface area contributed by atoms with E-state index in [2.05, 4.69) is 16.2 Å². The average molecular weight is 482 g/mol. The van der Waals surface area contributed by atoms with E-state index in [1.54, 1.807) is 0 Å². The lowest BCUT2D eigenvalue weighted by molar-refractivity contribution is -0.196.